The molecule has 0 amide bonds. The van der Waals surface area contributed by atoms with Gasteiger partial charge in [0.2, 0.25) is 10.0 Å². The van der Waals surface area contributed by atoms with Crippen LogP contribution >= 0.6 is 0 Å². The van der Waals surface area contributed by atoms with E-state index >= 15 is 0 Å². The third-order valence-electron chi connectivity index (χ3n) is 2.38. The molecule has 0 saturated carbocycles. The molecule has 18 heavy (non-hydrogen) atoms. The summed E-state index contributed by atoms with van der Waals surface area (Å²) >= 11 is 0. The first-order chi connectivity index (χ1) is 8.53. The summed E-state index contributed by atoms with van der Waals surface area (Å²) in [5.41, 5.74) is 0.737. The van der Waals surface area contributed by atoms with Gasteiger partial charge in [0.05, 0.1) is 5.75 Å². The molecule has 0 aliphatic carbocycles. The monoisotopic (exact) mass is 274 g/mol. The predicted octanol–water partition coefficient (Wildman–Crippen LogP) is 1.24. The van der Waals surface area contributed by atoms with E-state index in [2.05, 4.69) is 10.0 Å². The molecule has 0 aromatic heterocycles. The second-order valence-electron chi connectivity index (χ2n) is 4.02. The molecule has 2 N–H and O–H groups in total. The Labute approximate surface area is 108 Å². The fourth-order valence-electron chi connectivity index (χ4n) is 1.38. The van der Waals surface area contributed by atoms with Crippen molar-refractivity contribution >= 4 is 10.0 Å². The van der Waals surface area contributed by atoms with Gasteiger partial charge in [-0.1, -0.05) is 19.1 Å². The molecule has 102 valence electrons. The van der Waals surface area contributed by atoms with E-state index in [1.807, 2.05) is 6.92 Å². The van der Waals surface area contributed by atoms with Gasteiger partial charge in [-0.2, -0.15) is 0 Å². The van der Waals surface area contributed by atoms with Crippen LogP contribution in [0, 0.1) is 5.82 Å². The molecule has 6 heteroatoms. The Kier molecular flexibility index (Phi) is 6.24. The topological polar surface area (TPSA) is 58.2 Å². The Hall–Kier alpha value is -0.980. The van der Waals surface area contributed by atoms with Crippen molar-refractivity contribution in [3.63, 3.8) is 0 Å². The minimum absolute atomic E-state index is 0.0498. The maximum Gasteiger partial charge on any atom is 0.213 e. The van der Waals surface area contributed by atoms with Crippen molar-refractivity contribution in [2.45, 2.75) is 19.9 Å². The van der Waals surface area contributed by atoms with Crippen LogP contribution in [0.25, 0.3) is 0 Å². The van der Waals surface area contributed by atoms with Gasteiger partial charge >= 0.3 is 0 Å². The maximum atomic E-state index is 12.7. The van der Waals surface area contributed by atoms with Gasteiger partial charge < -0.3 is 5.32 Å². The van der Waals surface area contributed by atoms with Crippen LogP contribution in [0.5, 0.6) is 0 Å². The quantitative estimate of drug-likeness (QED) is 0.701. The fraction of sp³-hybridized carbons (Fsp3) is 0.500. The lowest BCUT2D eigenvalue weighted by atomic mass is 10.2. The summed E-state index contributed by atoms with van der Waals surface area (Å²) in [6.45, 7) is 3.46. The molecule has 0 bridgehead atoms. The van der Waals surface area contributed by atoms with Crippen LogP contribution in [0.3, 0.4) is 0 Å². The highest BCUT2D eigenvalue weighted by Gasteiger charge is 2.08. The second kappa shape index (κ2) is 7.45. The minimum atomic E-state index is -3.28. The molecule has 0 spiro atoms. The first kappa shape index (κ1) is 15.1. The van der Waals surface area contributed by atoms with Gasteiger partial charge in [0.1, 0.15) is 5.82 Å². The number of nitrogens with one attached hydrogen (secondary N) is 2. The molecule has 0 heterocycles. The molecule has 0 aliphatic heterocycles. The normalized spacial score (nSPS) is 11.7. The highest BCUT2D eigenvalue weighted by atomic mass is 32.2. The van der Waals surface area contributed by atoms with Crippen molar-refractivity contribution in [2.24, 2.45) is 0 Å². The first-order valence-corrected chi connectivity index (χ1v) is 7.61. The Morgan fingerprint density at radius 3 is 2.44 bits per heavy atom. The SMILES string of the molecule is CCCNCCS(=O)(=O)NCc1ccc(F)cc1. The van der Waals surface area contributed by atoms with Crippen LogP contribution in [0.2, 0.25) is 0 Å². The van der Waals surface area contributed by atoms with Crippen molar-refractivity contribution in [3.05, 3.63) is 35.6 Å². The molecule has 4 nitrogen and oxygen atoms in total. The average molecular weight is 274 g/mol. The van der Waals surface area contributed by atoms with E-state index in [0.717, 1.165) is 18.5 Å². The molecule has 0 unspecified atom stereocenters. The fourth-order valence-corrected chi connectivity index (χ4v) is 2.32. The van der Waals surface area contributed by atoms with E-state index in [1.54, 1.807) is 12.1 Å². The van der Waals surface area contributed by atoms with E-state index < -0.39 is 10.0 Å². The second-order valence-corrected chi connectivity index (χ2v) is 5.94. The number of benzene rings is 1. The van der Waals surface area contributed by atoms with Crippen molar-refractivity contribution in [3.8, 4) is 0 Å². The minimum Gasteiger partial charge on any atom is -0.316 e. The summed E-state index contributed by atoms with van der Waals surface area (Å²) in [6, 6.07) is 5.75. The molecule has 0 fully saturated rings. The number of rotatable bonds is 8. The zero-order valence-corrected chi connectivity index (χ0v) is 11.3. The van der Waals surface area contributed by atoms with Gasteiger partial charge in [0.15, 0.2) is 0 Å². The lowest BCUT2D eigenvalue weighted by Crippen LogP contribution is -2.31. The molecular formula is C12H19FN2O2S. The van der Waals surface area contributed by atoms with Crippen molar-refractivity contribution < 1.29 is 12.8 Å². The van der Waals surface area contributed by atoms with Crippen LogP contribution in [0.1, 0.15) is 18.9 Å². The third kappa shape index (κ3) is 6.09. The Morgan fingerprint density at radius 2 is 1.83 bits per heavy atom. The van der Waals surface area contributed by atoms with Gasteiger partial charge in [-0.05, 0) is 30.7 Å². The lowest BCUT2D eigenvalue weighted by molar-refractivity contribution is 0.576. The average Bonchev–Trinajstić information content (AvgIpc) is 2.34. The largest absolute Gasteiger partial charge is 0.316 e. The van der Waals surface area contributed by atoms with Crippen LogP contribution in [-0.2, 0) is 16.6 Å². The van der Waals surface area contributed by atoms with E-state index in [1.165, 1.54) is 12.1 Å². The smallest absolute Gasteiger partial charge is 0.213 e. The lowest BCUT2D eigenvalue weighted by Gasteiger charge is -2.07. The molecule has 0 atom stereocenters. The predicted molar refractivity (Wildman–Crippen MR) is 70.2 cm³/mol. The van der Waals surface area contributed by atoms with E-state index in [0.29, 0.717) is 6.54 Å². The molecule has 0 radical (unpaired) electrons. The zero-order valence-electron chi connectivity index (χ0n) is 10.4. The molecule has 1 rings (SSSR count). The number of hydrogen-bond acceptors (Lipinski definition) is 3. The van der Waals surface area contributed by atoms with Gasteiger partial charge in [-0.25, -0.2) is 17.5 Å². The standard InChI is InChI=1S/C12H19FN2O2S/c1-2-7-14-8-9-18(16,17)15-10-11-3-5-12(13)6-4-11/h3-6,14-15H,2,7-10H2,1H3. The van der Waals surface area contributed by atoms with E-state index in [4.69, 9.17) is 0 Å². The summed E-state index contributed by atoms with van der Waals surface area (Å²) in [7, 11) is -3.28. The van der Waals surface area contributed by atoms with Crippen LogP contribution in [0.4, 0.5) is 4.39 Å². The third-order valence-corrected chi connectivity index (χ3v) is 3.71. The van der Waals surface area contributed by atoms with E-state index in [-0.39, 0.29) is 18.1 Å². The molecule has 1 aromatic carbocycles. The van der Waals surface area contributed by atoms with Gasteiger partial charge in [-0.3, -0.25) is 0 Å². The van der Waals surface area contributed by atoms with Gasteiger partial charge in [0.25, 0.3) is 0 Å². The summed E-state index contributed by atoms with van der Waals surface area (Å²) in [4.78, 5) is 0. The van der Waals surface area contributed by atoms with Crippen molar-refractivity contribution in [2.75, 3.05) is 18.8 Å². The Bertz CT molecular complexity index is 446. The number of sulfonamides is 1. The summed E-state index contributed by atoms with van der Waals surface area (Å²) < 4.78 is 38.4. The highest BCUT2D eigenvalue weighted by Crippen LogP contribution is 2.02. The van der Waals surface area contributed by atoms with Crippen molar-refractivity contribution in [1.82, 2.24) is 10.0 Å². The van der Waals surface area contributed by atoms with Crippen LogP contribution in [-0.4, -0.2) is 27.3 Å². The molecule has 0 aliphatic rings. The first-order valence-electron chi connectivity index (χ1n) is 5.96. The Morgan fingerprint density at radius 1 is 1.17 bits per heavy atom. The highest BCUT2D eigenvalue weighted by molar-refractivity contribution is 7.89. The summed E-state index contributed by atoms with van der Waals surface area (Å²) in [5, 5.41) is 3.03. The number of hydrogen-bond donors (Lipinski definition) is 2. The van der Waals surface area contributed by atoms with E-state index in [9.17, 15) is 12.8 Å². The maximum absolute atomic E-state index is 12.7. The Balaban J connectivity index is 2.34. The zero-order chi connectivity index (χ0) is 13.4. The van der Waals surface area contributed by atoms with Crippen LogP contribution < -0.4 is 10.0 Å². The molecule has 0 saturated heterocycles. The molecular weight excluding hydrogens is 255 g/mol. The van der Waals surface area contributed by atoms with Gasteiger partial charge in [-0.15, -0.1) is 0 Å². The number of halogens is 1. The summed E-state index contributed by atoms with van der Waals surface area (Å²) in [6.07, 6.45) is 0.975. The van der Waals surface area contributed by atoms with Crippen LogP contribution in [0.15, 0.2) is 24.3 Å². The van der Waals surface area contributed by atoms with Gasteiger partial charge in [0, 0.05) is 13.1 Å². The van der Waals surface area contributed by atoms with Crippen molar-refractivity contribution in [1.29, 1.82) is 0 Å². The summed E-state index contributed by atoms with van der Waals surface area (Å²) in [5.74, 6) is -0.279. The molecule has 1 aromatic rings.